The van der Waals surface area contributed by atoms with Gasteiger partial charge in [-0.25, -0.2) is 9.97 Å². The number of nitrogens with zero attached hydrogens (tertiary/aromatic N) is 5. The van der Waals surface area contributed by atoms with Crippen LogP contribution in [0.4, 0.5) is 5.82 Å². The SMILES string of the molecule is Cc1nc(-c2ccc(NC(=O)CN3CNC(N(C)C=O)=C3C(=O)N(C)C)nc2)cs1. The second-order valence-electron chi connectivity index (χ2n) is 6.88. The molecule has 30 heavy (non-hydrogen) atoms. The molecule has 1 aliphatic rings. The number of likely N-dealkylation sites (N-methyl/N-ethyl adjacent to an activating group) is 1. The first kappa shape index (κ1) is 21.2. The van der Waals surface area contributed by atoms with Gasteiger partial charge in [-0.05, 0) is 19.1 Å². The topological polar surface area (TPSA) is 111 Å². The summed E-state index contributed by atoms with van der Waals surface area (Å²) in [6, 6.07) is 3.55. The molecule has 3 amide bonds. The highest BCUT2D eigenvalue weighted by atomic mass is 32.1. The van der Waals surface area contributed by atoms with Crippen LogP contribution in [0, 0.1) is 6.92 Å². The maximum Gasteiger partial charge on any atom is 0.273 e. The number of nitrogens with one attached hydrogen (secondary N) is 2. The van der Waals surface area contributed by atoms with Crippen molar-refractivity contribution in [3.05, 3.63) is 40.2 Å². The molecule has 1 aliphatic heterocycles. The van der Waals surface area contributed by atoms with Crippen LogP contribution in [-0.4, -0.2) is 77.2 Å². The van der Waals surface area contributed by atoms with E-state index < -0.39 is 0 Å². The molecule has 3 heterocycles. The summed E-state index contributed by atoms with van der Waals surface area (Å²) >= 11 is 1.56. The van der Waals surface area contributed by atoms with E-state index in [4.69, 9.17) is 0 Å². The molecule has 0 bridgehead atoms. The Morgan fingerprint density at radius 1 is 1.33 bits per heavy atom. The minimum absolute atomic E-state index is 0.0766. The zero-order chi connectivity index (χ0) is 21.8. The number of hydrogen-bond acceptors (Lipinski definition) is 8. The Morgan fingerprint density at radius 2 is 2.10 bits per heavy atom. The van der Waals surface area contributed by atoms with E-state index in [-0.39, 0.29) is 30.7 Å². The van der Waals surface area contributed by atoms with Gasteiger partial charge in [0.1, 0.15) is 17.3 Å². The van der Waals surface area contributed by atoms with E-state index in [1.807, 2.05) is 18.4 Å². The summed E-state index contributed by atoms with van der Waals surface area (Å²) in [5.41, 5.74) is 1.96. The Kier molecular flexibility index (Phi) is 6.31. The molecule has 0 aliphatic carbocycles. The van der Waals surface area contributed by atoms with Crippen molar-refractivity contribution in [1.29, 1.82) is 0 Å². The van der Waals surface area contributed by atoms with Crippen molar-refractivity contribution in [2.24, 2.45) is 0 Å². The number of anilines is 1. The molecule has 0 saturated heterocycles. The van der Waals surface area contributed by atoms with E-state index in [0.29, 0.717) is 18.0 Å². The largest absolute Gasteiger partial charge is 0.352 e. The molecule has 0 spiro atoms. The maximum absolute atomic E-state index is 12.6. The van der Waals surface area contributed by atoms with Crippen LogP contribution in [0.15, 0.2) is 35.2 Å². The number of aryl methyl sites for hydroxylation is 1. The smallest absolute Gasteiger partial charge is 0.273 e. The quantitative estimate of drug-likeness (QED) is 0.622. The van der Waals surface area contributed by atoms with Crippen molar-refractivity contribution in [2.75, 3.05) is 39.7 Å². The van der Waals surface area contributed by atoms with Crippen LogP contribution in [0.2, 0.25) is 0 Å². The summed E-state index contributed by atoms with van der Waals surface area (Å²) in [6.45, 7) is 2.09. The third-order valence-corrected chi connectivity index (χ3v) is 5.15. The fraction of sp³-hybridized carbons (Fsp3) is 0.316. The van der Waals surface area contributed by atoms with Gasteiger partial charge >= 0.3 is 0 Å². The average Bonchev–Trinajstić information content (AvgIpc) is 3.33. The predicted molar refractivity (Wildman–Crippen MR) is 113 cm³/mol. The lowest BCUT2D eigenvalue weighted by Crippen LogP contribution is -2.38. The molecule has 158 valence electrons. The second kappa shape index (κ2) is 8.91. The van der Waals surface area contributed by atoms with Crippen LogP contribution >= 0.6 is 11.3 Å². The van der Waals surface area contributed by atoms with E-state index in [2.05, 4.69) is 20.6 Å². The number of hydrogen-bond donors (Lipinski definition) is 2. The lowest BCUT2D eigenvalue weighted by molar-refractivity contribution is -0.126. The highest BCUT2D eigenvalue weighted by Gasteiger charge is 2.32. The molecule has 3 rings (SSSR count). The fourth-order valence-electron chi connectivity index (χ4n) is 2.88. The summed E-state index contributed by atoms with van der Waals surface area (Å²) in [5.74, 6) is 0.119. The number of pyridine rings is 1. The Labute approximate surface area is 178 Å². The van der Waals surface area contributed by atoms with E-state index in [9.17, 15) is 14.4 Å². The van der Waals surface area contributed by atoms with Gasteiger partial charge in [-0.1, -0.05) is 0 Å². The Hall–Kier alpha value is -3.47. The number of rotatable bonds is 7. The fourth-order valence-corrected chi connectivity index (χ4v) is 3.50. The number of amides is 3. The van der Waals surface area contributed by atoms with Crippen molar-refractivity contribution >= 4 is 35.4 Å². The zero-order valence-corrected chi connectivity index (χ0v) is 18.0. The molecule has 0 aromatic carbocycles. The van der Waals surface area contributed by atoms with Gasteiger partial charge in [0.2, 0.25) is 12.3 Å². The van der Waals surface area contributed by atoms with Crippen LogP contribution in [0.3, 0.4) is 0 Å². The first-order valence-electron chi connectivity index (χ1n) is 9.11. The van der Waals surface area contributed by atoms with Crippen LogP contribution in [0.1, 0.15) is 5.01 Å². The lowest BCUT2D eigenvalue weighted by Gasteiger charge is -2.22. The summed E-state index contributed by atoms with van der Waals surface area (Å²) in [7, 11) is 4.76. The van der Waals surface area contributed by atoms with Gasteiger partial charge in [0, 0.05) is 38.3 Å². The molecule has 10 nitrogen and oxygen atoms in total. The van der Waals surface area contributed by atoms with Crippen molar-refractivity contribution in [1.82, 2.24) is 30.0 Å². The standard InChI is InChI=1S/C19H23N7O3S/c1-12-22-14(9-30-12)13-5-6-15(20-7-13)23-16(28)8-26-10-21-18(25(4)11-27)17(26)19(29)24(2)3/h5-7,9,11,21H,8,10H2,1-4H3,(H,20,23,28). The number of carbonyl (C=O) groups excluding carboxylic acids is 3. The lowest BCUT2D eigenvalue weighted by atomic mass is 10.2. The third-order valence-electron chi connectivity index (χ3n) is 4.38. The average molecular weight is 430 g/mol. The molecule has 0 radical (unpaired) electrons. The zero-order valence-electron chi connectivity index (χ0n) is 17.2. The van der Waals surface area contributed by atoms with Crippen molar-refractivity contribution in [2.45, 2.75) is 6.92 Å². The number of aromatic nitrogens is 2. The number of thiazole rings is 1. The Bertz CT molecular complexity index is 984. The predicted octanol–water partition coefficient (Wildman–Crippen LogP) is 0.660. The van der Waals surface area contributed by atoms with E-state index >= 15 is 0 Å². The van der Waals surface area contributed by atoms with Gasteiger partial charge in [0.05, 0.1) is 23.9 Å². The van der Waals surface area contributed by atoms with Gasteiger partial charge in [-0.15, -0.1) is 11.3 Å². The summed E-state index contributed by atoms with van der Waals surface area (Å²) in [5, 5.41) is 8.65. The second-order valence-corrected chi connectivity index (χ2v) is 7.94. The first-order valence-corrected chi connectivity index (χ1v) is 9.99. The van der Waals surface area contributed by atoms with E-state index in [0.717, 1.165) is 16.3 Å². The minimum Gasteiger partial charge on any atom is -0.352 e. The van der Waals surface area contributed by atoms with E-state index in [1.165, 1.54) is 16.8 Å². The Morgan fingerprint density at radius 3 is 2.67 bits per heavy atom. The van der Waals surface area contributed by atoms with Crippen molar-refractivity contribution < 1.29 is 14.4 Å². The summed E-state index contributed by atoms with van der Waals surface area (Å²) in [4.78, 5) is 49.2. The first-order chi connectivity index (χ1) is 14.3. The van der Waals surface area contributed by atoms with Crippen molar-refractivity contribution in [3.63, 3.8) is 0 Å². The minimum atomic E-state index is -0.333. The molecular weight excluding hydrogens is 406 g/mol. The van der Waals surface area contributed by atoms with Crippen molar-refractivity contribution in [3.8, 4) is 11.3 Å². The summed E-state index contributed by atoms with van der Waals surface area (Å²) in [6.07, 6.45) is 2.25. The van der Waals surface area contributed by atoms with Gasteiger partial charge in [-0.3, -0.25) is 14.4 Å². The monoisotopic (exact) mass is 429 g/mol. The molecule has 2 aromatic heterocycles. The molecule has 0 atom stereocenters. The Balaban J connectivity index is 1.69. The summed E-state index contributed by atoms with van der Waals surface area (Å²) < 4.78 is 0. The van der Waals surface area contributed by atoms with Crippen LogP contribution in [-0.2, 0) is 14.4 Å². The molecule has 0 unspecified atom stereocenters. The molecule has 2 aromatic rings. The van der Waals surface area contributed by atoms with Gasteiger partial charge in [0.15, 0.2) is 0 Å². The molecule has 2 N–H and O–H groups in total. The van der Waals surface area contributed by atoms with Crippen LogP contribution in [0.5, 0.6) is 0 Å². The molecular formula is C19H23N7O3S. The maximum atomic E-state index is 12.6. The third kappa shape index (κ3) is 4.57. The number of carbonyl (C=O) groups is 3. The van der Waals surface area contributed by atoms with Gasteiger partial charge < -0.3 is 25.3 Å². The highest BCUT2D eigenvalue weighted by molar-refractivity contribution is 7.09. The normalized spacial score (nSPS) is 13.1. The van der Waals surface area contributed by atoms with E-state index in [1.54, 1.807) is 42.6 Å². The van der Waals surface area contributed by atoms with Gasteiger partial charge in [0.25, 0.3) is 5.91 Å². The molecule has 0 fully saturated rings. The van der Waals surface area contributed by atoms with Crippen LogP contribution < -0.4 is 10.6 Å². The molecule has 11 heteroatoms. The highest BCUT2D eigenvalue weighted by Crippen LogP contribution is 2.22. The van der Waals surface area contributed by atoms with Gasteiger partial charge in [-0.2, -0.15) is 0 Å². The molecule has 0 saturated carbocycles. The van der Waals surface area contributed by atoms with Crippen LogP contribution in [0.25, 0.3) is 11.3 Å².